The second-order valence-electron chi connectivity index (χ2n) is 6.40. The number of anilines is 2. The van der Waals surface area contributed by atoms with Crippen molar-refractivity contribution in [1.82, 2.24) is 4.98 Å². The van der Waals surface area contributed by atoms with Crippen molar-refractivity contribution in [2.75, 3.05) is 17.3 Å². The number of pyridine rings is 1. The molecule has 3 aromatic rings. The van der Waals surface area contributed by atoms with E-state index in [0.29, 0.717) is 5.56 Å². The van der Waals surface area contributed by atoms with Gasteiger partial charge in [0.15, 0.2) is 0 Å². The molecule has 0 aliphatic carbocycles. The van der Waals surface area contributed by atoms with Gasteiger partial charge in [0.2, 0.25) is 0 Å². The summed E-state index contributed by atoms with van der Waals surface area (Å²) in [5.74, 6) is -0.551. The first kappa shape index (κ1) is 18.3. The number of amides is 2. The summed E-state index contributed by atoms with van der Waals surface area (Å²) in [7, 11) is 1.68. The van der Waals surface area contributed by atoms with E-state index in [1.54, 1.807) is 13.1 Å². The van der Waals surface area contributed by atoms with E-state index in [-0.39, 0.29) is 17.5 Å². The number of nitrogens with one attached hydrogen (secondary N) is 1. The fraction of sp³-hybridized carbons (Fsp3) is 0.136. The Morgan fingerprint density at radius 2 is 1.70 bits per heavy atom. The van der Waals surface area contributed by atoms with Crippen molar-refractivity contribution in [2.24, 2.45) is 0 Å². The van der Waals surface area contributed by atoms with Gasteiger partial charge >= 0.3 is 0 Å². The molecule has 136 valence electrons. The van der Waals surface area contributed by atoms with Crippen LogP contribution in [0.4, 0.5) is 11.4 Å². The minimum absolute atomic E-state index is 0.218. The quantitative estimate of drug-likeness (QED) is 0.758. The van der Waals surface area contributed by atoms with Crippen LogP contribution < -0.4 is 10.2 Å². The SMILES string of the molecule is Cc1ccc(C)c(NC(=O)c2ccnc(C(=O)N(C)c3ccccc3)c2)c1. The van der Waals surface area contributed by atoms with Gasteiger partial charge < -0.3 is 10.2 Å². The molecule has 3 rings (SSSR count). The molecule has 0 aliphatic rings. The minimum Gasteiger partial charge on any atom is -0.322 e. The van der Waals surface area contributed by atoms with Gasteiger partial charge in [-0.05, 0) is 55.3 Å². The van der Waals surface area contributed by atoms with Crippen molar-refractivity contribution in [2.45, 2.75) is 13.8 Å². The third-order valence-corrected chi connectivity index (χ3v) is 4.33. The number of benzene rings is 2. The van der Waals surface area contributed by atoms with Crippen LogP contribution in [-0.4, -0.2) is 23.8 Å². The highest BCUT2D eigenvalue weighted by atomic mass is 16.2. The molecule has 1 heterocycles. The maximum Gasteiger partial charge on any atom is 0.276 e. The second kappa shape index (κ2) is 7.83. The van der Waals surface area contributed by atoms with Crippen LogP contribution in [0.5, 0.6) is 0 Å². The van der Waals surface area contributed by atoms with Crippen molar-refractivity contribution in [1.29, 1.82) is 0 Å². The molecule has 1 N–H and O–H groups in total. The Bertz CT molecular complexity index is 984. The Morgan fingerprint density at radius 3 is 2.44 bits per heavy atom. The van der Waals surface area contributed by atoms with Crippen molar-refractivity contribution < 1.29 is 9.59 Å². The lowest BCUT2D eigenvalue weighted by Crippen LogP contribution is -2.27. The standard InChI is InChI=1S/C22H21N3O2/c1-15-9-10-16(2)19(13-15)24-21(26)17-11-12-23-20(14-17)22(27)25(3)18-7-5-4-6-8-18/h4-14H,1-3H3,(H,24,26). The van der Waals surface area contributed by atoms with Gasteiger partial charge in [-0.25, -0.2) is 0 Å². The lowest BCUT2D eigenvalue weighted by Gasteiger charge is -2.17. The zero-order valence-corrected chi connectivity index (χ0v) is 15.6. The van der Waals surface area contributed by atoms with Gasteiger partial charge in [-0.2, -0.15) is 0 Å². The fourth-order valence-corrected chi connectivity index (χ4v) is 2.69. The molecule has 5 nitrogen and oxygen atoms in total. The van der Waals surface area contributed by atoms with Gasteiger partial charge in [-0.1, -0.05) is 30.3 Å². The molecule has 2 amide bonds. The predicted octanol–water partition coefficient (Wildman–Crippen LogP) is 4.23. The van der Waals surface area contributed by atoms with Gasteiger partial charge in [0.1, 0.15) is 5.69 Å². The van der Waals surface area contributed by atoms with Gasteiger partial charge in [0.25, 0.3) is 11.8 Å². The third kappa shape index (κ3) is 4.20. The van der Waals surface area contributed by atoms with E-state index in [9.17, 15) is 9.59 Å². The summed E-state index contributed by atoms with van der Waals surface area (Å²) < 4.78 is 0. The van der Waals surface area contributed by atoms with Crippen molar-refractivity contribution in [3.05, 3.63) is 89.2 Å². The number of para-hydroxylation sites is 1. The van der Waals surface area contributed by atoms with Gasteiger partial charge in [0.05, 0.1) is 0 Å². The maximum absolute atomic E-state index is 12.7. The highest BCUT2D eigenvalue weighted by Crippen LogP contribution is 2.18. The Kier molecular flexibility index (Phi) is 5.31. The summed E-state index contributed by atoms with van der Waals surface area (Å²) in [5.41, 5.74) is 4.15. The average molecular weight is 359 g/mol. The van der Waals surface area contributed by atoms with Gasteiger partial charge in [0, 0.05) is 30.2 Å². The maximum atomic E-state index is 12.7. The summed E-state index contributed by atoms with van der Waals surface area (Å²) in [5, 5.41) is 2.90. The molecule has 0 bridgehead atoms. The van der Waals surface area contributed by atoms with Crippen molar-refractivity contribution in [3.63, 3.8) is 0 Å². The van der Waals surface area contributed by atoms with E-state index in [2.05, 4.69) is 10.3 Å². The van der Waals surface area contributed by atoms with Crippen molar-refractivity contribution >= 4 is 23.2 Å². The summed E-state index contributed by atoms with van der Waals surface area (Å²) in [6.07, 6.45) is 1.48. The zero-order valence-electron chi connectivity index (χ0n) is 15.6. The largest absolute Gasteiger partial charge is 0.322 e. The van der Waals surface area contributed by atoms with Crippen LogP contribution in [-0.2, 0) is 0 Å². The van der Waals surface area contributed by atoms with E-state index in [1.165, 1.54) is 17.2 Å². The summed E-state index contributed by atoms with van der Waals surface area (Å²) in [4.78, 5) is 31.0. The van der Waals surface area contributed by atoms with Crippen LogP contribution in [0, 0.1) is 13.8 Å². The number of carbonyl (C=O) groups excluding carboxylic acids is 2. The average Bonchev–Trinajstić information content (AvgIpc) is 2.70. The van der Waals surface area contributed by atoms with Crippen LogP contribution in [0.15, 0.2) is 66.9 Å². The summed E-state index contributed by atoms with van der Waals surface area (Å²) in [6, 6.07) is 18.3. The molecule has 0 atom stereocenters. The molecule has 1 aromatic heterocycles. The number of carbonyl (C=O) groups is 2. The fourth-order valence-electron chi connectivity index (χ4n) is 2.69. The topological polar surface area (TPSA) is 62.3 Å². The lowest BCUT2D eigenvalue weighted by atomic mass is 10.1. The molecule has 27 heavy (non-hydrogen) atoms. The first-order valence-corrected chi connectivity index (χ1v) is 8.63. The molecule has 2 aromatic carbocycles. The van der Waals surface area contributed by atoms with E-state index in [4.69, 9.17) is 0 Å². The number of rotatable bonds is 4. The normalized spacial score (nSPS) is 10.3. The van der Waals surface area contributed by atoms with Gasteiger partial charge in [-0.3, -0.25) is 14.6 Å². The molecule has 0 saturated carbocycles. The molecule has 0 saturated heterocycles. The van der Waals surface area contributed by atoms with Crippen LogP contribution >= 0.6 is 0 Å². The molecular formula is C22H21N3O2. The smallest absolute Gasteiger partial charge is 0.276 e. The molecule has 0 aliphatic heterocycles. The lowest BCUT2D eigenvalue weighted by molar-refractivity contribution is 0.0988. The summed E-state index contributed by atoms with van der Waals surface area (Å²) >= 11 is 0. The van der Waals surface area contributed by atoms with Crippen molar-refractivity contribution in [3.8, 4) is 0 Å². The molecule has 0 unspecified atom stereocenters. The first-order chi connectivity index (χ1) is 13.0. The second-order valence-corrected chi connectivity index (χ2v) is 6.40. The Morgan fingerprint density at radius 1 is 0.963 bits per heavy atom. The Labute approximate surface area is 158 Å². The van der Waals surface area contributed by atoms with Crippen LogP contribution in [0.1, 0.15) is 32.0 Å². The highest BCUT2D eigenvalue weighted by Gasteiger charge is 2.17. The van der Waals surface area contributed by atoms with Crippen LogP contribution in [0.3, 0.4) is 0 Å². The highest BCUT2D eigenvalue weighted by molar-refractivity contribution is 6.08. The Hall–Kier alpha value is -3.47. The molecule has 0 radical (unpaired) electrons. The number of hydrogen-bond donors (Lipinski definition) is 1. The van der Waals surface area contributed by atoms with Crippen LogP contribution in [0.2, 0.25) is 0 Å². The van der Waals surface area contributed by atoms with E-state index in [1.807, 2.05) is 62.4 Å². The minimum atomic E-state index is -0.275. The molecule has 0 spiro atoms. The predicted molar refractivity (Wildman–Crippen MR) is 107 cm³/mol. The molecular weight excluding hydrogens is 338 g/mol. The third-order valence-electron chi connectivity index (χ3n) is 4.33. The molecule has 0 fully saturated rings. The number of nitrogens with zero attached hydrogens (tertiary/aromatic N) is 2. The summed E-state index contributed by atoms with van der Waals surface area (Å²) in [6.45, 7) is 3.91. The van der Waals surface area contributed by atoms with Crippen LogP contribution in [0.25, 0.3) is 0 Å². The first-order valence-electron chi connectivity index (χ1n) is 8.63. The molecule has 5 heteroatoms. The van der Waals surface area contributed by atoms with Gasteiger partial charge in [-0.15, -0.1) is 0 Å². The Balaban J connectivity index is 1.81. The van der Waals surface area contributed by atoms with E-state index >= 15 is 0 Å². The zero-order chi connectivity index (χ0) is 19.4. The van der Waals surface area contributed by atoms with E-state index < -0.39 is 0 Å². The number of aromatic nitrogens is 1. The number of aryl methyl sites for hydroxylation is 2. The van der Waals surface area contributed by atoms with E-state index in [0.717, 1.165) is 22.5 Å². The monoisotopic (exact) mass is 359 g/mol. The number of hydrogen-bond acceptors (Lipinski definition) is 3.